The first-order valence-electron chi connectivity index (χ1n) is 17.1. The number of halogens is 1. The number of aryl methyl sites for hydroxylation is 2. The Morgan fingerprint density at radius 3 is 2.79 bits per heavy atom. The summed E-state index contributed by atoms with van der Waals surface area (Å²) in [5.74, 6) is 1.56. The number of hydrogen-bond acceptors (Lipinski definition) is 6. The molecule has 11 heteroatoms. The van der Waals surface area contributed by atoms with Crippen LogP contribution in [-0.4, -0.2) is 67.2 Å². The van der Waals surface area contributed by atoms with E-state index in [0.717, 1.165) is 65.9 Å². The van der Waals surface area contributed by atoms with Gasteiger partial charge in [-0.2, -0.15) is 0 Å². The van der Waals surface area contributed by atoms with E-state index < -0.39 is 11.1 Å². The maximum atomic E-state index is 15.6. The van der Waals surface area contributed by atoms with Gasteiger partial charge in [0.15, 0.2) is 5.82 Å². The third-order valence-corrected chi connectivity index (χ3v) is 11.8. The molecule has 4 aliphatic rings. The minimum atomic E-state index is -1.45. The van der Waals surface area contributed by atoms with Crippen LogP contribution in [0.4, 0.5) is 4.39 Å². The van der Waals surface area contributed by atoms with Crippen molar-refractivity contribution in [2.45, 2.75) is 95.6 Å². The average molecular weight is 642 g/mol. The monoisotopic (exact) mass is 641 g/mol. The van der Waals surface area contributed by atoms with Gasteiger partial charge in [0, 0.05) is 43.2 Å². The number of aromatic nitrogens is 4. The molecule has 0 unspecified atom stereocenters. The molecule has 4 aromatic rings. The average Bonchev–Trinajstić information content (AvgIpc) is 3.44. The molecule has 3 N–H and O–H groups in total. The number of rotatable bonds is 3. The summed E-state index contributed by atoms with van der Waals surface area (Å²) in [6.07, 6.45) is 6.09. The molecular weight excluding hydrogens is 597 g/mol. The second kappa shape index (κ2) is 10.8. The summed E-state index contributed by atoms with van der Waals surface area (Å²) < 4.78 is 25.7. The van der Waals surface area contributed by atoms with Gasteiger partial charge >= 0.3 is 0 Å². The summed E-state index contributed by atoms with van der Waals surface area (Å²) in [5, 5.41) is 4.01. The molecular formula is C36H44FN7O3. The number of pyridine rings is 1. The quantitative estimate of drug-likeness (QED) is 0.308. The molecule has 10 nitrogen and oxygen atoms in total. The van der Waals surface area contributed by atoms with Crippen molar-refractivity contribution in [3.63, 3.8) is 0 Å². The zero-order chi connectivity index (χ0) is 32.8. The van der Waals surface area contributed by atoms with Gasteiger partial charge in [-0.1, -0.05) is 12.8 Å². The first-order valence-corrected chi connectivity index (χ1v) is 17.1. The van der Waals surface area contributed by atoms with Crippen molar-refractivity contribution < 1.29 is 18.7 Å². The van der Waals surface area contributed by atoms with E-state index in [4.69, 9.17) is 20.4 Å². The second-order valence-electron chi connectivity index (χ2n) is 14.7. The van der Waals surface area contributed by atoms with Gasteiger partial charge in [-0.15, -0.1) is 0 Å². The van der Waals surface area contributed by atoms with Crippen LogP contribution in [0.1, 0.15) is 87.3 Å². The number of piperidine rings is 1. The number of benzene rings is 1. The summed E-state index contributed by atoms with van der Waals surface area (Å²) in [7, 11) is 3.59. The smallest absolute Gasteiger partial charge is 0.254 e. The third-order valence-electron chi connectivity index (χ3n) is 11.8. The molecule has 8 rings (SSSR count). The van der Waals surface area contributed by atoms with Crippen molar-refractivity contribution in [1.29, 1.82) is 0 Å². The van der Waals surface area contributed by atoms with E-state index in [2.05, 4.69) is 16.0 Å². The summed E-state index contributed by atoms with van der Waals surface area (Å²) in [5.41, 5.74) is 8.50. The highest BCUT2D eigenvalue weighted by atomic mass is 19.1. The summed E-state index contributed by atoms with van der Waals surface area (Å²) in [6, 6.07) is 9.64. The fourth-order valence-corrected chi connectivity index (χ4v) is 8.66. The Morgan fingerprint density at radius 1 is 1.15 bits per heavy atom. The molecule has 3 fully saturated rings. The molecule has 5 heterocycles. The predicted molar refractivity (Wildman–Crippen MR) is 178 cm³/mol. The number of ether oxygens (including phenoxy) is 1. The first-order chi connectivity index (χ1) is 22.5. The Hall–Kier alpha value is -3.99. The van der Waals surface area contributed by atoms with Crippen LogP contribution < -0.4 is 15.8 Å². The Morgan fingerprint density at radius 2 is 1.98 bits per heavy atom. The lowest BCUT2D eigenvalue weighted by Gasteiger charge is -2.37. The Labute approximate surface area is 273 Å². The number of carbonyl (C=O) groups is 2. The largest absolute Gasteiger partial charge is 0.494 e. The van der Waals surface area contributed by atoms with Crippen LogP contribution in [0.2, 0.25) is 0 Å². The lowest BCUT2D eigenvalue weighted by Crippen LogP contribution is -2.51. The van der Waals surface area contributed by atoms with Gasteiger partial charge in [0.25, 0.3) is 5.91 Å². The van der Waals surface area contributed by atoms with Crippen molar-refractivity contribution in [3.8, 4) is 17.3 Å². The van der Waals surface area contributed by atoms with Crippen LogP contribution in [0.25, 0.3) is 33.6 Å². The topological polar surface area (TPSA) is 120 Å². The number of imidazole rings is 1. The number of amides is 2. The second-order valence-corrected chi connectivity index (χ2v) is 14.7. The molecule has 2 saturated carbocycles. The highest BCUT2D eigenvalue weighted by Gasteiger charge is 2.69. The lowest BCUT2D eigenvalue weighted by molar-refractivity contribution is -0.128. The molecule has 4 bridgehead atoms. The van der Waals surface area contributed by atoms with Crippen LogP contribution in [-0.2, 0) is 18.4 Å². The van der Waals surface area contributed by atoms with Crippen molar-refractivity contribution in [1.82, 2.24) is 29.3 Å². The molecule has 1 aromatic carbocycles. The molecule has 1 saturated heterocycles. The third kappa shape index (κ3) is 4.67. The molecule has 47 heavy (non-hydrogen) atoms. The van der Waals surface area contributed by atoms with Crippen molar-refractivity contribution in [2.75, 3.05) is 13.7 Å². The maximum Gasteiger partial charge on any atom is 0.254 e. The maximum absolute atomic E-state index is 15.6. The van der Waals surface area contributed by atoms with Gasteiger partial charge in [-0.3, -0.25) is 9.59 Å². The summed E-state index contributed by atoms with van der Waals surface area (Å²) >= 11 is 0. The van der Waals surface area contributed by atoms with Crippen LogP contribution in [0.5, 0.6) is 5.75 Å². The standard InChI is InChI=1S/C36H44FN7O3/c1-20-26-11-9-22-16-28(43(31(22)40-26)13-7-5-6-12-36(37)19-35(36,2)34(46)39-20)32-41-27-15-23(17-29(47-4)30(27)42(32)3)33(45)44-18-25(38)21-8-10-24(44)14-21/h9,11,15-17,20-21,24-25H,5-8,10,12-14,18-19,38H2,1-4H3,(H,39,46)/t20-,21-,24+,25+,35-,36-/m1/s1. The number of alkyl halides is 1. The zero-order valence-corrected chi connectivity index (χ0v) is 27.7. The number of likely N-dealkylation sites (tertiary alicyclic amines) is 1. The van der Waals surface area contributed by atoms with Crippen molar-refractivity contribution in [2.24, 2.45) is 24.1 Å². The summed E-state index contributed by atoms with van der Waals surface area (Å²) in [6.45, 7) is 4.91. The number of methoxy groups -OCH3 is 1. The number of nitrogens with two attached hydrogens (primary N) is 1. The first kappa shape index (κ1) is 30.4. The van der Waals surface area contributed by atoms with Gasteiger partial charge in [0.05, 0.1) is 35.5 Å². The number of fused-ring (bicyclic) bond motifs is 5. The van der Waals surface area contributed by atoms with E-state index in [1.165, 1.54) is 0 Å². The molecule has 2 amide bonds. The van der Waals surface area contributed by atoms with E-state index in [0.29, 0.717) is 48.7 Å². The van der Waals surface area contributed by atoms with E-state index in [1.54, 1.807) is 14.0 Å². The number of nitrogens with zero attached hydrogens (tertiary/aromatic N) is 5. The Kier molecular flexibility index (Phi) is 6.95. The minimum Gasteiger partial charge on any atom is -0.494 e. The predicted octanol–water partition coefficient (Wildman–Crippen LogP) is 5.42. The van der Waals surface area contributed by atoms with Crippen LogP contribution in [0, 0.1) is 11.3 Å². The van der Waals surface area contributed by atoms with E-state index in [-0.39, 0.29) is 36.4 Å². The van der Waals surface area contributed by atoms with Crippen LogP contribution in [0.15, 0.2) is 30.3 Å². The molecule has 0 spiro atoms. The SMILES string of the molecule is COc1cc(C(=O)N2C[C@H](N)[C@@H]3CC[C@H]2C3)cc2nc(-c3cc4ccc5nc4n3CCCCC[C@@]3(F)C[C@]3(C)C(=O)N[C@@H]5C)n(C)c12. The van der Waals surface area contributed by atoms with Gasteiger partial charge in [-0.25, -0.2) is 14.4 Å². The normalized spacial score (nSPS) is 30.8. The summed E-state index contributed by atoms with van der Waals surface area (Å²) in [4.78, 5) is 39.2. The van der Waals surface area contributed by atoms with Crippen LogP contribution >= 0.6 is 0 Å². The molecule has 0 radical (unpaired) electrons. The minimum absolute atomic E-state index is 0.00918. The molecule has 248 valence electrons. The van der Waals surface area contributed by atoms with Crippen molar-refractivity contribution >= 4 is 33.9 Å². The Bertz CT molecular complexity index is 1930. The molecule has 3 aromatic heterocycles. The number of hydrogen-bond donors (Lipinski definition) is 2. The van der Waals surface area contributed by atoms with Crippen LogP contribution in [0.3, 0.4) is 0 Å². The van der Waals surface area contributed by atoms with Crippen molar-refractivity contribution in [3.05, 3.63) is 41.6 Å². The number of carbonyl (C=O) groups excluding carboxylic acids is 2. The van der Waals surface area contributed by atoms with Gasteiger partial charge in [0.2, 0.25) is 5.91 Å². The van der Waals surface area contributed by atoms with Gasteiger partial charge < -0.3 is 29.8 Å². The molecule has 6 atom stereocenters. The fourth-order valence-electron chi connectivity index (χ4n) is 8.66. The molecule has 2 aliphatic heterocycles. The number of nitrogens with one attached hydrogen (secondary N) is 1. The molecule has 2 aliphatic carbocycles. The van der Waals surface area contributed by atoms with Gasteiger partial charge in [0.1, 0.15) is 22.6 Å². The van der Waals surface area contributed by atoms with Gasteiger partial charge in [-0.05, 0) is 88.6 Å². The Balaban J connectivity index is 1.19. The van der Waals surface area contributed by atoms with E-state index >= 15 is 4.39 Å². The van der Waals surface area contributed by atoms with E-state index in [9.17, 15) is 9.59 Å². The highest BCUT2D eigenvalue weighted by Crippen LogP contribution is 2.62. The van der Waals surface area contributed by atoms with E-state index in [1.807, 2.05) is 47.7 Å². The zero-order valence-electron chi connectivity index (χ0n) is 27.7. The fraction of sp³-hybridized carbons (Fsp3) is 0.556. The highest BCUT2D eigenvalue weighted by molar-refractivity contribution is 6.00. The lowest BCUT2D eigenvalue weighted by atomic mass is 9.94.